The Morgan fingerprint density at radius 2 is 2.18 bits per heavy atom. The summed E-state index contributed by atoms with van der Waals surface area (Å²) in [6.07, 6.45) is 2.58. The summed E-state index contributed by atoms with van der Waals surface area (Å²) in [6.45, 7) is 3.35. The predicted molar refractivity (Wildman–Crippen MR) is 79.3 cm³/mol. The van der Waals surface area contributed by atoms with Crippen LogP contribution in [-0.2, 0) is 16.0 Å². The average molecular weight is 323 g/mol. The van der Waals surface area contributed by atoms with Crippen LogP contribution in [-0.4, -0.2) is 45.0 Å². The van der Waals surface area contributed by atoms with Gasteiger partial charge in [-0.3, -0.25) is 19.8 Å². The van der Waals surface area contributed by atoms with Crippen LogP contribution in [0.4, 0.5) is 9.93 Å². The highest BCUT2D eigenvalue weighted by atomic mass is 32.1. The molecule has 0 radical (unpaired) electrons. The highest BCUT2D eigenvalue weighted by Gasteiger charge is 2.56. The number of anilines is 1. The minimum absolute atomic E-state index is 0.173. The van der Waals surface area contributed by atoms with E-state index in [1.165, 1.54) is 11.3 Å². The fourth-order valence-corrected chi connectivity index (χ4v) is 3.24. The van der Waals surface area contributed by atoms with E-state index >= 15 is 0 Å². The zero-order chi connectivity index (χ0) is 15.9. The molecule has 22 heavy (non-hydrogen) atoms. The zero-order valence-corrected chi connectivity index (χ0v) is 13.2. The second-order valence-electron chi connectivity index (χ2n) is 5.70. The summed E-state index contributed by atoms with van der Waals surface area (Å²) in [5.74, 6) is -0.615. The molecule has 9 heteroatoms. The normalized spacial score (nSPS) is 24.5. The Hall–Kier alpha value is -2.03. The first-order valence-electron chi connectivity index (χ1n) is 7.20. The molecule has 2 heterocycles. The molecule has 0 aromatic carbocycles. The van der Waals surface area contributed by atoms with Gasteiger partial charge in [0.1, 0.15) is 17.1 Å². The van der Waals surface area contributed by atoms with E-state index in [1.807, 2.05) is 6.92 Å². The lowest BCUT2D eigenvalue weighted by Gasteiger charge is -2.20. The van der Waals surface area contributed by atoms with Crippen molar-refractivity contribution in [3.8, 4) is 0 Å². The van der Waals surface area contributed by atoms with Crippen LogP contribution in [0.1, 0.15) is 31.7 Å². The molecule has 1 aromatic heterocycles. The van der Waals surface area contributed by atoms with E-state index < -0.39 is 17.5 Å². The summed E-state index contributed by atoms with van der Waals surface area (Å²) in [6, 6.07) is -0.513. The third-order valence-corrected chi connectivity index (χ3v) is 5.00. The Morgan fingerprint density at radius 3 is 2.77 bits per heavy atom. The molecule has 118 valence electrons. The second-order valence-corrected chi connectivity index (χ2v) is 6.76. The van der Waals surface area contributed by atoms with Crippen molar-refractivity contribution in [3.63, 3.8) is 0 Å². The van der Waals surface area contributed by atoms with Gasteiger partial charge in [-0.2, -0.15) is 0 Å². The zero-order valence-electron chi connectivity index (χ0n) is 12.4. The lowest BCUT2D eigenvalue weighted by molar-refractivity contribution is -0.134. The van der Waals surface area contributed by atoms with Gasteiger partial charge in [0.25, 0.3) is 5.91 Å². The molecule has 1 saturated carbocycles. The van der Waals surface area contributed by atoms with Gasteiger partial charge in [-0.05, 0) is 32.1 Å². The SMILES string of the molecule is CCc1nnc(NC(=O)CN2C(=O)N[C@](C)(C3CC3)C2=O)s1. The number of carbonyl (C=O) groups is 3. The van der Waals surface area contributed by atoms with Gasteiger partial charge in [-0.25, -0.2) is 4.79 Å². The molecule has 1 aliphatic carbocycles. The van der Waals surface area contributed by atoms with Crippen LogP contribution in [0.3, 0.4) is 0 Å². The van der Waals surface area contributed by atoms with Crippen molar-refractivity contribution in [3.05, 3.63) is 5.01 Å². The van der Waals surface area contributed by atoms with Gasteiger partial charge in [-0.1, -0.05) is 18.3 Å². The van der Waals surface area contributed by atoms with Gasteiger partial charge in [0.05, 0.1) is 0 Å². The number of aromatic nitrogens is 2. The summed E-state index contributed by atoms with van der Waals surface area (Å²) >= 11 is 1.28. The van der Waals surface area contributed by atoms with E-state index in [2.05, 4.69) is 20.8 Å². The molecule has 0 spiro atoms. The van der Waals surface area contributed by atoms with Crippen molar-refractivity contribution < 1.29 is 14.4 Å². The lowest BCUT2D eigenvalue weighted by Crippen LogP contribution is -2.46. The second kappa shape index (κ2) is 5.31. The van der Waals surface area contributed by atoms with Crippen molar-refractivity contribution in [2.24, 2.45) is 5.92 Å². The summed E-state index contributed by atoms with van der Waals surface area (Å²) in [5.41, 5.74) is -0.866. The summed E-state index contributed by atoms with van der Waals surface area (Å²) in [7, 11) is 0. The van der Waals surface area contributed by atoms with Gasteiger partial charge >= 0.3 is 6.03 Å². The van der Waals surface area contributed by atoms with E-state index in [0.717, 1.165) is 29.2 Å². The van der Waals surface area contributed by atoms with Gasteiger partial charge in [0.15, 0.2) is 0 Å². The summed E-state index contributed by atoms with van der Waals surface area (Å²) in [5, 5.41) is 14.2. The van der Waals surface area contributed by atoms with Crippen molar-refractivity contribution in [1.82, 2.24) is 20.4 Å². The van der Waals surface area contributed by atoms with Crippen LogP contribution in [0.15, 0.2) is 0 Å². The van der Waals surface area contributed by atoms with Gasteiger partial charge < -0.3 is 5.32 Å². The van der Waals surface area contributed by atoms with Gasteiger partial charge in [0, 0.05) is 0 Å². The first-order valence-corrected chi connectivity index (χ1v) is 8.02. The number of nitrogens with zero attached hydrogens (tertiary/aromatic N) is 3. The highest BCUT2D eigenvalue weighted by Crippen LogP contribution is 2.42. The Balaban J connectivity index is 1.63. The standard InChI is InChI=1S/C13H17N5O3S/c1-3-9-16-17-11(22-9)14-8(19)6-18-10(20)13(2,7-4-5-7)15-12(18)21/h7H,3-6H2,1-2H3,(H,15,21)(H,14,17,19)/t13-/m1/s1. The molecule has 3 rings (SSSR count). The Morgan fingerprint density at radius 1 is 1.45 bits per heavy atom. The van der Waals surface area contributed by atoms with Crippen LogP contribution in [0.5, 0.6) is 0 Å². The van der Waals surface area contributed by atoms with Crippen LogP contribution >= 0.6 is 11.3 Å². The number of aryl methyl sites for hydroxylation is 1. The largest absolute Gasteiger partial charge is 0.325 e. The molecule has 1 atom stereocenters. The maximum Gasteiger partial charge on any atom is 0.325 e. The van der Waals surface area contributed by atoms with E-state index in [1.54, 1.807) is 6.92 Å². The molecule has 0 unspecified atom stereocenters. The molecule has 1 aromatic rings. The van der Waals surface area contributed by atoms with E-state index in [0.29, 0.717) is 5.13 Å². The molecule has 0 bridgehead atoms. The minimum atomic E-state index is -0.866. The van der Waals surface area contributed by atoms with E-state index in [9.17, 15) is 14.4 Å². The topological polar surface area (TPSA) is 104 Å². The number of urea groups is 1. The third kappa shape index (κ3) is 2.56. The van der Waals surface area contributed by atoms with Crippen LogP contribution < -0.4 is 10.6 Å². The highest BCUT2D eigenvalue weighted by molar-refractivity contribution is 7.15. The molecule has 1 saturated heterocycles. The van der Waals surface area contributed by atoms with E-state index in [4.69, 9.17) is 0 Å². The van der Waals surface area contributed by atoms with Gasteiger partial charge in [-0.15, -0.1) is 10.2 Å². The van der Waals surface area contributed by atoms with Crippen molar-refractivity contribution >= 4 is 34.3 Å². The van der Waals surface area contributed by atoms with Gasteiger partial charge in [0.2, 0.25) is 11.0 Å². The van der Waals surface area contributed by atoms with Crippen molar-refractivity contribution in [2.75, 3.05) is 11.9 Å². The predicted octanol–water partition coefficient (Wildman–Crippen LogP) is 0.759. The summed E-state index contributed by atoms with van der Waals surface area (Å²) < 4.78 is 0. The number of carbonyl (C=O) groups excluding carboxylic acids is 3. The number of rotatable bonds is 5. The van der Waals surface area contributed by atoms with Crippen LogP contribution in [0.2, 0.25) is 0 Å². The first kappa shape index (κ1) is 14.9. The number of hydrogen-bond donors (Lipinski definition) is 2. The molecule has 4 amide bonds. The maximum atomic E-state index is 12.4. The average Bonchev–Trinajstić information content (AvgIpc) is 3.21. The fraction of sp³-hybridized carbons (Fsp3) is 0.615. The third-order valence-electron chi connectivity index (χ3n) is 4.01. The quantitative estimate of drug-likeness (QED) is 0.779. The van der Waals surface area contributed by atoms with Crippen molar-refractivity contribution in [2.45, 2.75) is 38.6 Å². The number of imide groups is 1. The molecule has 2 N–H and O–H groups in total. The molecule has 2 aliphatic rings. The number of amides is 4. The first-order chi connectivity index (χ1) is 10.4. The maximum absolute atomic E-state index is 12.4. The smallest absolute Gasteiger partial charge is 0.323 e. The molecular formula is C13H17N5O3S. The Bertz CT molecular complexity index is 641. The molecule has 2 fully saturated rings. The lowest BCUT2D eigenvalue weighted by atomic mass is 9.96. The van der Waals surface area contributed by atoms with Crippen molar-refractivity contribution in [1.29, 1.82) is 0 Å². The monoisotopic (exact) mass is 323 g/mol. The Labute approximate surface area is 131 Å². The number of hydrogen-bond acceptors (Lipinski definition) is 6. The minimum Gasteiger partial charge on any atom is -0.323 e. The molecular weight excluding hydrogens is 306 g/mol. The van der Waals surface area contributed by atoms with Crippen LogP contribution in [0.25, 0.3) is 0 Å². The molecule has 8 nitrogen and oxygen atoms in total. The molecule has 1 aliphatic heterocycles. The fourth-order valence-electron chi connectivity index (χ4n) is 2.55. The van der Waals surface area contributed by atoms with Crippen LogP contribution in [0, 0.1) is 5.92 Å². The number of nitrogens with one attached hydrogen (secondary N) is 2. The van der Waals surface area contributed by atoms with E-state index in [-0.39, 0.29) is 18.4 Å². The summed E-state index contributed by atoms with van der Waals surface area (Å²) in [4.78, 5) is 37.3. The Kier molecular flexibility index (Phi) is 3.59.